The predicted molar refractivity (Wildman–Crippen MR) is 99.4 cm³/mol. The molecule has 1 atom stereocenters. The van der Waals surface area contributed by atoms with E-state index in [0.717, 1.165) is 18.4 Å². The van der Waals surface area contributed by atoms with E-state index in [0.29, 0.717) is 19.3 Å². The number of ether oxygens (including phenoxy) is 1. The first-order valence-electron chi connectivity index (χ1n) is 8.70. The lowest BCUT2D eigenvalue weighted by Gasteiger charge is -2.37. The van der Waals surface area contributed by atoms with Gasteiger partial charge in [-0.05, 0) is 49.0 Å². The average molecular weight is 353 g/mol. The van der Waals surface area contributed by atoms with E-state index in [-0.39, 0.29) is 22.9 Å². The zero-order valence-electron chi connectivity index (χ0n) is 16.0. The molecule has 0 heterocycles. The Bertz CT molecular complexity index is 512. The van der Waals surface area contributed by atoms with Crippen LogP contribution in [-0.4, -0.2) is 33.3 Å². The van der Waals surface area contributed by atoms with Crippen molar-refractivity contribution in [3.63, 3.8) is 0 Å². The van der Waals surface area contributed by atoms with Crippen molar-refractivity contribution in [1.29, 1.82) is 0 Å². The van der Waals surface area contributed by atoms with Gasteiger partial charge in [-0.1, -0.05) is 32.9 Å². The van der Waals surface area contributed by atoms with Gasteiger partial charge in [0, 0.05) is 12.8 Å². The van der Waals surface area contributed by atoms with E-state index in [2.05, 4.69) is 38.6 Å². The minimum Gasteiger partial charge on any atom is -0.469 e. The summed E-state index contributed by atoms with van der Waals surface area (Å²) < 4.78 is 10.9. The third kappa shape index (κ3) is 6.36. The Hall–Kier alpha value is -1.20. The number of carbonyl (C=O) groups is 2. The van der Waals surface area contributed by atoms with Crippen LogP contribution in [0.2, 0.25) is 18.1 Å². The van der Waals surface area contributed by atoms with E-state index < -0.39 is 8.32 Å². The molecule has 1 aliphatic rings. The second kappa shape index (κ2) is 8.76. The first-order chi connectivity index (χ1) is 11.1. The van der Waals surface area contributed by atoms with Crippen molar-refractivity contribution < 1.29 is 18.8 Å². The third-order valence-corrected chi connectivity index (χ3v) is 9.37. The molecule has 0 saturated heterocycles. The van der Waals surface area contributed by atoms with Crippen LogP contribution in [0.3, 0.4) is 0 Å². The summed E-state index contributed by atoms with van der Waals surface area (Å²) in [5.74, 6) is 0.0145. The lowest BCUT2D eigenvalue weighted by molar-refractivity contribution is -0.140. The molecule has 0 N–H and O–H groups in total. The van der Waals surface area contributed by atoms with Gasteiger partial charge in [0.15, 0.2) is 14.1 Å². The van der Waals surface area contributed by atoms with Gasteiger partial charge in [0.2, 0.25) is 0 Å². The maximum Gasteiger partial charge on any atom is 0.305 e. The summed E-state index contributed by atoms with van der Waals surface area (Å²) in [7, 11) is -0.450. The van der Waals surface area contributed by atoms with Crippen LogP contribution in [0.5, 0.6) is 0 Å². The predicted octanol–water partition coefficient (Wildman–Crippen LogP) is 4.57. The van der Waals surface area contributed by atoms with Crippen LogP contribution in [0.15, 0.2) is 23.8 Å². The van der Waals surface area contributed by atoms with Crippen molar-refractivity contribution in [3.05, 3.63) is 23.8 Å². The Morgan fingerprint density at radius 3 is 2.58 bits per heavy atom. The van der Waals surface area contributed by atoms with Crippen molar-refractivity contribution >= 4 is 20.1 Å². The molecule has 5 heteroatoms. The zero-order chi connectivity index (χ0) is 18.4. The van der Waals surface area contributed by atoms with Crippen LogP contribution >= 0.6 is 0 Å². The third-order valence-electron chi connectivity index (χ3n) is 4.87. The van der Waals surface area contributed by atoms with Crippen LogP contribution in [0.1, 0.15) is 52.9 Å². The summed E-state index contributed by atoms with van der Waals surface area (Å²) in [6.45, 7) is 11.0. The van der Waals surface area contributed by atoms with Crippen LogP contribution in [0, 0.1) is 0 Å². The highest BCUT2D eigenvalue weighted by atomic mass is 28.4. The summed E-state index contributed by atoms with van der Waals surface area (Å²) in [4.78, 5) is 23.1. The van der Waals surface area contributed by atoms with Gasteiger partial charge in [-0.25, -0.2) is 0 Å². The maximum absolute atomic E-state index is 12.1. The fraction of sp³-hybridized carbons (Fsp3) is 0.684. The number of hydrogen-bond acceptors (Lipinski definition) is 4. The number of allylic oxidation sites excluding steroid dienone is 3. The molecular formula is C19H32O4Si. The molecule has 0 bridgehead atoms. The summed E-state index contributed by atoms with van der Waals surface area (Å²) in [6.07, 6.45) is 9.11. The van der Waals surface area contributed by atoms with E-state index in [1.54, 1.807) is 0 Å². The zero-order valence-corrected chi connectivity index (χ0v) is 17.0. The maximum atomic E-state index is 12.1. The fourth-order valence-electron chi connectivity index (χ4n) is 2.30. The number of unbranched alkanes of at least 4 members (excludes halogenated alkanes) is 1. The second-order valence-electron chi connectivity index (χ2n) is 7.88. The van der Waals surface area contributed by atoms with E-state index in [4.69, 9.17) is 4.43 Å². The second-order valence-corrected chi connectivity index (χ2v) is 12.6. The molecular weight excluding hydrogens is 320 g/mol. The number of ketones is 1. The summed E-state index contributed by atoms with van der Waals surface area (Å²) >= 11 is 0. The molecule has 1 aliphatic carbocycles. The highest BCUT2D eigenvalue weighted by Gasteiger charge is 2.40. The molecule has 0 saturated carbocycles. The lowest BCUT2D eigenvalue weighted by Crippen LogP contribution is -2.43. The molecule has 24 heavy (non-hydrogen) atoms. The smallest absolute Gasteiger partial charge is 0.305 e. The number of rotatable bonds is 8. The van der Waals surface area contributed by atoms with Gasteiger partial charge in [-0.15, -0.1) is 0 Å². The van der Waals surface area contributed by atoms with Crippen molar-refractivity contribution in [2.45, 2.75) is 77.1 Å². The minimum absolute atomic E-state index is 0.0684. The number of carbonyl (C=O) groups excluding carboxylic acids is 2. The Kier molecular flexibility index (Phi) is 7.61. The van der Waals surface area contributed by atoms with E-state index >= 15 is 0 Å². The first-order valence-corrected chi connectivity index (χ1v) is 11.6. The topological polar surface area (TPSA) is 52.6 Å². The molecule has 0 aromatic heterocycles. The van der Waals surface area contributed by atoms with Gasteiger partial charge in [0.25, 0.3) is 0 Å². The number of hydrogen-bond donors (Lipinski definition) is 0. The van der Waals surface area contributed by atoms with Gasteiger partial charge >= 0.3 is 5.97 Å². The SMILES string of the molecule is COC(=O)CCCC=CCC1=C[C@H](O[Si](C)(C)C(C)(C)C)CC1=O. The van der Waals surface area contributed by atoms with Gasteiger partial charge in [0.1, 0.15) is 0 Å². The van der Waals surface area contributed by atoms with Crippen LogP contribution in [0.25, 0.3) is 0 Å². The summed E-state index contributed by atoms with van der Waals surface area (Å²) in [5, 5.41) is 0.145. The van der Waals surface area contributed by atoms with Crippen molar-refractivity contribution in [2.24, 2.45) is 0 Å². The molecule has 4 nitrogen and oxygen atoms in total. The largest absolute Gasteiger partial charge is 0.469 e. The van der Waals surface area contributed by atoms with Crippen LogP contribution in [0.4, 0.5) is 0 Å². The molecule has 0 aromatic rings. The summed E-state index contributed by atoms with van der Waals surface area (Å²) in [6, 6.07) is 0. The Morgan fingerprint density at radius 2 is 2.00 bits per heavy atom. The number of methoxy groups -OCH3 is 1. The number of Topliss-reactive ketones (excluding diaryl/α,β-unsaturated/α-hetero) is 1. The van der Waals surface area contributed by atoms with Gasteiger partial charge in [0.05, 0.1) is 13.2 Å². The van der Waals surface area contributed by atoms with E-state index in [9.17, 15) is 9.59 Å². The molecule has 136 valence electrons. The molecule has 1 rings (SSSR count). The normalized spacial score (nSPS) is 19.0. The Morgan fingerprint density at radius 1 is 1.33 bits per heavy atom. The molecule has 0 aromatic carbocycles. The molecule has 0 amide bonds. The van der Waals surface area contributed by atoms with Crippen molar-refractivity contribution in [2.75, 3.05) is 7.11 Å². The highest BCUT2D eigenvalue weighted by molar-refractivity contribution is 6.74. The van der Waals surface area contributed by atoms with Crippen LogP contribution in [-0.2, 0) is 18.8 Å². The van der Waals surface area contributed by atoms with Gasteiger partial charge in [-0.2, -0.15) is 0 Å². The Balaban J connectivity index is 2.46. The molecule has 0 aliphatic heterocycles. The van der Waals surface area contributed by atoms with E-state index in [1.807, 2.05) is 18.2 Å². The standard InChI is InChI=1S/C19H32O4Si/c1-19(2,3)24(5,6)23-16-13-15(17(20)14-16)11-9-7-8-10-12-18(21)22-4/h7,9,13,16H,8,10-12,14H2,1-6H3/t16-/m0/s1. The Labute approximate surface area is 147 Å². The highest BCUT2D eigenvalue weighted by Crippen LogP contribution is 2.38. The number of esters is 1. The molecule has 0 fully saturated rings. The lowest BCUT2D eigenvalue weighted by atomic mass is 10.1. The van der Waals surface area contributed by atoms with Gasteiger partial charge in [-0.3, -0.25) is 9.59 Å². The quantitative estimate of drug-likeness (QED) is 0.278. The molecule has 0 unspecified atom stereocenters. The van der Waals surface area contributed by atoms with Gasteiger partial charge < -0.3 is 9.16 Å². The molecule has 0 radical (unpaired) electrons. The van der Waals surface area contributed by atoms with Crippen molar-refractivity contribution in [3.8, 4) is 0 Å². The minimum atomic E-state index is -1.85. The van der Waals surface area contributed by atoms with E-state index in [1.165, 1.54) is 7.11 Å². The van der Waals surface area contributed by atoms with Crippen LogP contribution < -0.4 is 0 Å². The van der Waals surface area contributed by atoms with Crippen molar-refractivity contribution in [1.82, 2.24) is 0 Å². The fourth-order valence-corrected chi connectivity index (χ4v) is 3.56. The summed E-state index contributed by atoms with van der Waals surface area (Å²) in [5.41, 5.74) is 0.850. The molecule has 0 spiro atoms. The first kappa shape index (κ1) is 20.8. The average Bonchev–Trinajstić information content (AvgIpc) is 2.80. The monoisotopic (exact) mass is 352 g/mol.